The van der Waals surface area contributed by atoms with Crippen LogP contribution in [0.5, 0.6) is 0 Å². The topological polar surface area (TPSA) is 52.5 Å². The molecule has 120 valence electrons. The molecule has 0 aliphatic carbocycles. The Morgan fingerprint density at radius 3 is 2.70 bits per heavy atom. The fourth-order valence-electron chi connectivity index (χ4n) is 2.63. The first-order valence-corrected chi connectivity index (χ1v) is 8.58. The molecule has 0 amide bonds. The molecule has 3 aromatic rings. The zero-order valence-electron chi connectivity index (χ0n) is 13.1. The Balaban J connectivity index is 1.64. The van der Waals surface area contributed by atoms with Crippen LogP contribution in [0, 0.1) is 0 Å². The van der Waals surface area contributed by atoms with Gasteiger partial charge in [0.05, 0.1) is 6.61 Å². The molecule has 2 atom stereocenters. The lowest BCUT2D eigenvalue weighted by Crippen LogP contribution is -2.24. The van der Waals surface area contributed by atoms with Gasteiger partial charge in [0.25, 0.3) is 0 Å². The number of benzene rings is 2. The van der Waals surface area contributed by atoms with Gasteiger partial charge in [0, 0.05) is 22.2 Å². The van der Waals surface area contributed by atoms with E-state index in [0.717, 1.165) is 16.0 Å². The normalized spacial score (nSPS) is 14.0. The van der Waals surface area contributed by atoms with Crippen molar-refractivity contribution in [3.63, 3.8) is 0 Å². The third-order valence-electron chi connectivity index (χ3n) is 4.02. The lowest BCUT2D eigenvalue weighted by atomic mass is 10.1. The molecule has 2 aromatic carbocycles. The van der Waals surface area contributed by atoms with Crippen LogP contribution in [0.2, 0.25) is 0 Å². The van der Waals surface area contributed by atoms with Crippen molar-refractivity contribution in [2.24, 2.45) is 0 Å². The van der Waals surface area contributed by atoms with E-state index in [0.29, 0.717) is 6.54 Å². The Kier molecular flexibility index (Phi) is 5.08. The number of thiophene rings is 1. The monoisotopic (exact) mass is 327 g/mol. The predicted octanol–water partition coefficient (Wildman–Crippen LogP) is 3.78. The van der Waals surface area contributed by atoms with Gasteiger partial charge in [0.15, 0.2) is 0 Å². The highest BCUT2D eigenvalue weighted by molar-refractivity contribution is 7.19. The highest BCUT2D eigenvalue weighted by Crippen LogP contribution is 2.29. The molecule has 0 spiro atoms. The summed E-state index contributed by atoms with van der Waals surface area (Å²) in [6, 6.07) is 18.2. The highest BCUT2D eigenvalue weighted by Gasteiger charge is 2.13. The highest BCUT2D eigenvalue weighted by atomic mass is 32.1. The SMILES string of the molecule is CC(NCC(O)c1cc2ccccc2s1)c1cccc(CO)c1. The van der Waals surface area contributed by atoms with E-state index in [2.05, 4.69) is 30.4 Å². The van der Waals surface area contributed by atoms with Crippen LogP contribution in [0.1, 0.15) is 35.1 Å². The van der Waals surface area contributed by atoms with Crippen molar-refractivity contribution >= 4 is 21.4 Å². The molecule has 3 N–H and O–H groups in total. The first kappa shape index (κ1) is 16.1. The minimum Gasteiger partial charge on any atom is -0.392 e. The Hall–Kier alpha value is -1.72. The van der Waals surface area contributed by atoms with Crippen molar-refractivity contribution in [2.45, 2.75) is 25.7 Å². The van der Waals surface area contributed by atoms with Crippen LogP contribution >= 0.6 is 11.3 Å². The maximum atomic E-state index is 10.4. The van der Waals surface area contributed by atoms with Gasteiger partial charge in [0.2, 0.25) is 0 Å². The summed E-state index contributed by atoms with van der Waals surface area (Å²) >= 11 is 1.64. The van der Waals surface area contributed by atoms with Crippen LogP contribution in [0.3, 0.4) is 0 Å². The van der Waals surface area contributed by atoms with Crippen molar-refractivity contribution in [1.29, 1.82) is 0 Å². The second-order valence-corrected chi connectivity index (χ2v) is 6.85. The molecule has 0 fully saturated rings. The van der Waals surface area contributed by atoms with Crippen LogP contribution in [-0.4, -0.2) is 16.8 Å². The molecule has 3 rings (SSSR count). The third kappa shape index (κ3) is 3.79. The van der Waals surface area contributed by atoms with E-state index in [1.807, 2.05) is 36.4 Å². The standard InChI is InChI=1S/C19H21NO2S/c1-13(15-7-4-5-14(9-15)12-21)20-11-17(22)19-10-16-6-2-3-8-18(16)23-19/h2-10,13,17,20-22H,11-12H2,1H3. The molecule has 0 bridgehead atoms. The molecule has 0 aliphatic rings. The van der Waals surface area contributed by atoms with Crippen LogP contribution in [0.4, 0.5) is 0 Å². The van der Waals surface area contributed by atoms with Crippen LogP contribution < -0.4 is 5.32 Å². The summed E-state index contributed by atoms with van der Waals surface area (Å²) in [5.41, 5.74) is 2.02. The summed E-state index contributed by atoms with van der Waals surface area (Å²) < 4.78 is 1.20. The summed E-state index contributed by atoms with van der Waals surface area (Å²) in [4.78, 5) is 0.981. The molecule has 4 heteroatoms. The fourth-order valence-corrected chi connectivity index (χ4v) is 3.68. The van der Waals surface area contributed by atoms with E-state index in [9.17, 15) is 10.2 Å². The maximum absolute atomic E-state index is 10.4. The Morgan fingerprint density at radius 2 is 1.91 bits per heavy atom. The van der Waals surface area contributed by atoms with Gasteiger partial charge in [-0.2, -0.15) is 0 Å². The largest absolute Gasteiger partial charge is 0.392 e. The van der Waals surface area contributed by atoms with Gasteiger partial charge in [0.1, 0.15) is 6.10 Å². The molecule has 0 radical (unpaired) electrons. The van der Waals surface area contributed by atoms with Gasteiger partial charge in [-0.25, -0.2) is 0 Å². The number of rotatable bonds is 6. The first-order valence-electron chi connectivity index (χ1n) is 7.77. The number of nitrogens with one attached hydrogen (secondary N) is 1. The van der Waals surface area contributed by atoms with E-state index in [1.165, 1.54) is 10.1 Å². The summed E-state index contributed by atoms with van der Waals surface area (Å²) in [5.74, 6) is 0. The Bertz CT molecular complexity index is 751. The van der Waals surface area contributed by atoms with Gasteiger partial charge in [-0.3, -0.25) is 0 Å². The Labute approximate surface area is 140 Å². The molecule has 2 unspecified atom stereocenters. The zero-order chi connectivity index (χ0) is 16.2. The molecule has 1 heterocycles. The first-order chi connectivity index (χ1) is 11.2. The van der Waals surface area contributed by atoms with E-state index < -0.39 is 6.10 Å². The summed E-state index contributed by atoms with van der Waals surface area (Å²) in [5, 5.41) is 24.2. The number of fused-ring (bicyclic) bond motifs is 1. The lowest BCUT2D eigenvalue weighted by Gasteiger charge is -2.17. The van der Waals surface area contributed by atoms with Gasteiger partial charge in [-0.15, -0.1) is 11.3 Å². The second-order valence-electron chi connectivity index (χ2n) is 5.74. The molecule has 0 aliphatic heterocycles. The summed E-state index contributed by atoms with van der Waals surface area (Å²) in [6.45, 7) is 2.61. The molecule has 3 nitrogen and oxygen atoms in total. The van der Waals surface area contributed by atoms with Crippen LogP contribution in [-0.2, 0) is 6.61 Å². The predicted molar refractivity (Wildman–Crippen MR) is 95.6 cm³/mol. The average Bonchev–Trinajstić information content (AvgIpc) is 3.03. The molecular weight excluding hydrogens is 306 g/mol. The van der Waals surface area contributed by atoms with E-state index in [4.69, 9.17) is 0 Å². The molecule has 1 aromatic heterocycles. The molecule has 0 saturated heterocycles. The molecule has 23 heavy (non-hydrogen) atoms. The summed E-state index contributed by atoms with van der Waals surface area (Å²) in [6.07, 6.45) is -0.518. The maximum Gasteiger partial charge on any atom is 0.101 e. The smallest absolute Gasteiger partial charge is 0.101 e. The van der Waals surface area contributed by atoms with Crippen LogP contribution in [0.25, 0.3) is 10.1 Å². The van der Waals surface area contributed by atoms with Gasteiger partial charge < -0.3 is 15.5 Å². The minimum absolute atomic E-state index is 0.0466. The van der Waals surface area contributed by atoms with Crippen LogP contribution in [0.15, 0.2) is 54.6 Å². The van der Waals surface area contributed by atoms with Gasteiger partial charge >= 0.3 is 0 Å². The van der Waals surface area contributed by atoms with Crippen molar-refractivity contribution in [3.05, 3.63) is 70.6 Å². The molecule has 0 saturated carbocycles. The van der Waals surface area contributed by atoms with Gasteiger partial charge in [-0.05, 0) is 35.6 Å². The number of hydrogen-bond donors (Lipinski definition) is 3. The zero-order valence-corrected chi connectivity index (χ0v) is 13.9. The number of aliphatic hydroxyl groups excluding tert-OH is 2. The van der Waals surface area contributed by atoms with Crippen molar-refractivity contribution < 1.29 is 10.2 Å². The lowest BCUT2D eigenvalue weighted by molar-refractivity contribution is 0.174. The Morgan fingerprint density at radius 1 is 1.09 bits per heavy atom. The van der Waals surface area contributed by atoms with E-state index >= 15 is 0 Å². The quantitative estimate of drug-likeness (QED) is 0.646. The van der Waals surface area contributed by atoms with Crippen molar-refractivity contribution in [1.82, 2.24) is 5.32 Å². The molecular formula is C19H21NO2S. The van der Waals surface area contributed by atoms with E-state index in [-0.39, 0.29) is 12.6 Å². The average molecular weight is 327 g/mol. The van der Waals surface area contributed by atoms with Gasteiger partial charge in [-0.1, -0.05) is 42.5 Å². The fraction of sp³-hybridized carbons (Fsp3) is 0.263. The minimum atomic E-state index is -0.518. The second kappa shape index (κ2) is 7.23. The number of hydrogen-bond acceptors (Lipinski definition) is 4. The van der Waals surface area contributed by atoms with Crippen molar-refractivity contribution in [3.8, 4) is 0 Å². The number of aliphatic hydroxyl groups is 2. The van der Waals surface area contributed by atoms with Crippen molar-refractivity contribution in [2.75, 3.05) is 6.54 Å². The van der Waals surface area contributed by atoms with E-state index in [1.54, 1.807) is 11.3 Å². The third-order valence-corrected chi connectivity index (χ3v) is 5.24. The summed E-state index contributed by atoms with van der Waals surface area (Å²) in [7, 11) is 0.